The van der Waals surface area contributed by atoms with Crippen LogP contribution in [0.4, 0.5) is 5.82 Å². The minimum atomic E-state index is -3.35. The van der Waals surface area contributed by atoms with Crippen molar-refractivity contribution in [2.75, 3.05) is 30.8 Å². The van der Waals surface area contributed by atoms with E-state index in [-0.39, 0.29) is 5.91 Å². The number of piperidine rings is 1. The number of hydrogen-bond donors (Lipinski definition) is 1. The molecule has 26 heavy (non-hydrogen) atoms. The van der Waals surface area contributed by atoms with Crippen LogP contribution in [0.25, 0.3) is 0 Å². The van der Waals surface area contributed by atoms with E-state index >= 15 is 0 Å². The summed E-state index contributed by atoms with van der Waals surface area (Å²) < 4.78 is 24.8. The van der Waals surface area contributed by atoms with Crippen LogP contribution in [-0.2, 0) is 21.4 Å². The van der Waals surface area contributed by atoms with Gasteiger partial charge in [0.1, 0.15) is 11.9 Å². The number of carbonyl (C=O) groups is 1. The molecule has 0 aliphatic carbocycles. The third kappa shape index (κ3) is 4.54. The van der Waals surface area contributed by atoms with E-state index in [1.807, 2.05) is 12.1 Å². The zero-order valence-corrected chi connectivity index (χ0v) is 16.3. The van der Waals surface area contributed by atoms with Gasteiger partial charge in [-0.1, -0.05) is 13.0 Å². The minimum absolute atomic E-state index is 0.234. The number of amides is 1. The highest BCUT2D eigenvalue weighted by Gasteiger charge is 2.36. The topological polar surface area (TPSA) is 82.6 Å². The Labute approximate surface area is 155 Å². The van der Waals surface area contributed by atoms with Crippen LogP contribution in [0.15, 0.2) is 18.3 Å². The maximum Gasteiger partial charge on any atom is 0.238 e. The second-order valence-corrected chi connectivity index (χ2v) is 9.38. The Morgan fingerprint density at radius 1 is 1.23 bits per heavy atom. The van der Waals surface area contributed by atoms with E-state index in [9.17, 15) is 13.2 Å². The molecule has 7 nitrogen and oxygen atoms in total. The molecule has 1 aromatic heterocycles. The Bertz CT molecular complexity index is 727. The molecule has 1 amide bonds. The summed E-state index contributed by atoms with van der Waals surface area (Å²) in [5.74, 6) is 1.52. The van der Waals surface area contributed by atoms with Gasteiger partial charge in [0.2, 0.25) is 15.9 Å². The molecule has 8 heteroatoms. The number of nitrogens with zero attached hydrogens (tertiary/aromatic N) is 3. The van der Waals surface area contributed by atoms with Crippen LogP contribution in [-0.4, -0.2) is 55.5 Å². The summed E-state index contributed by atoms with van der Waals surface area (Å²) in [5.41, 5.74) is 0.913. The first kappa shape index (κ1) is 19.1. The first-order valence-corrected chi connectivity index (χ1v) is 11.1. The van der Waals surface area contributed by atoms with Crippen molar-refractivity contribution >= 4 is 21.7 Å². The van der Waals surface area contributed by atoms with Gasteiger partial charge in [-0.05, 0) is 43.2 Å². The van der Waals surface area contributed by atoms with Gasteiger partial charge in [-0.2, -0.15) is 4.31 Å². The molecule has 0 aromatic carbocycles. The van der Waals surface area contributed by atoms with E-state index in [1.165, 1.54) is 17.1 Å². The molecule has 0 radical (unpaired) electrons. The fourth-order valence-electron chi connectivity index (χ4n) is 3.65. The van der Waals surface area contributed by atoms with Crippen molar-refractivity contribution in [3.63, 3.8) is 0 Å². The fraction of sp³-hybridized carbons (Fsp3) is 0.667. The van der Waals surface area contributed by atoms with Crippen molar-refractivity contribution in [1.82, 2.24) is 14.6 Å². The molecule has 0 saturated carbocycles. The largest absolute Gasteiger partial charge is 0.357 e. The number of aromatic nitrogens is 1. The summed E-state index contributed by atoms with van der Waals surface area (Å²) in [4.78, 5) is 19.2. The highest BCUT2D eigenvalue weighted by Crippen LogP contribution is 2.22. The van der Waals surface area contributed by atoms with Gasteiger partial charge in [0.05, 0.1) is 6.26 Å². The molecule has 2 fully saturated rings. The second kappa shape index (κ2) is 7.92. The highest BCUT2D eigenvalue weighted by atomic mass is 32.2. The smallest absolute Gasteiger partial charge is 0.238 e. The molecular weight excluding hydrogens is 352 g/mol. The van der Waals surface area contributed by atoms with Gasteiger partial charge in [-0.3, -0.25) is 4.79 Å². The van der Waals surface area contributed by atoms with E-state index in [4.69, 9.17) is 0 Å². The average molecular weight is 381 g/mol. The van der Waals surface area contributed by atoms with Gasteiger partial charge in [0.15, 0.2) is 0 Å². The van der Waals surface area contributed by atoms with Crippen LogP contribution in [0, 0.1) is 5.92 Å². The lowest BCUT2D eigenvalue weighted by molar-refractivity contribution is -0.124. The van der Waals surface area contributed by atoms with Crippen molar-refractivity contribution < 1.29 is 13.2 Å². The standard InChI is InChI=1S/C18H28N4O3S/c1-14-7-10-21(11-8-14)17-6-5-15(12-19-17)13-20-18(23)16-4-3-9-22(16)26(2,24)25/h5-6,12,14,16H,3-4,7-11,13H2,1-2H3,(H,20,23). The predicted octanol–water partition coefficient (Wildman–Crippen LogP) is 1.36. The monoisotopic (exact) mass is 380 g/mol. The molecule has 1 atom stereocenters. The van der Waals surface area contributed by atoms with Crippen molar-refractivity contribution in [2.24, 2.45) is 5.92 Å². The molecule has 2 saturated heterocycles. The normalized spacial score (nSPS) is 22.5. The van der Waals surface area contributed by atoms with Gasteiger partial charge in [-0.15, -0.1) is 0 Å². The third-order valence-corrected chi connectivity index (χ3v) is 6.60. The Hall–Kier alpha value is -1.67. The number of nitrogens with one attached hydrogen (secondary N) is 1. The van der Waals surface area contributed by atoms with Crippen molar-refractivity contribution in [3.8, 4) is 0 Å². The fourth-order valence-corrected chi connectivity index (χ4v) is 4.78. The summed E-state index contributed by atoms with van der Waals surface area (Å²) in [7, 11) is -3.35. The van der Waals surface area contributed by atoms with Crippen LogP contribution in [0.2, 0.25) is 0 Å². The number of anilines is 1. The predicted molar refractivity (Wildman–Crippen MR) is 101 cm³/mol. The third-order valence-electron chi connectivity index (χ3n) is 5.32. The van der Waals surface area contributed by atoms with Crippen molar-refractivity contribution in [1.29, 1.82) is 0 Å². The lowest BCUT2D eigenvalue weighted by Crippen LogP contribution is -2.45. The van der Waals surface area contributed by atoms with Crippen LogP contribution in [0.1, 0.15) is 38.2 Å². The zero-order chi connectivity index (χ0) is 18.7. The van der Waals surface area contributed by atoms with Gasteiger partial charge in [0.25, 0.3) is 0 Å². The number of carbonyl (C=O) groups excluding carboxylic acids is 1. The molecule has 144 valence electrons. The van der Waals surface area contributed by atoms with E-state index < -0.39 is 16.1 Å². The lowest BCUT2D eigenvalue weighted by Gasteiger charge is -2.31. The SMILES string of the molecule is CC1CCN(c2ccc(CNC(=O)C3CCCN3S(C)(=O)=O)cn2)CC1. The van der Waals surface area contributed by atoms with E-state index in [2.05, 4.69) is 22.1 Å². The Balaban J connectivity index is 1.54. The lowest BCUT2D eigenvalue weighted by atomic mass is 9.99. The van der Waals surface area contributed by atoms with Crippen LogP contribution < -0.4 is 10.2 Å². The van der Waals surface area contributed by atoms with Crippen molar-refractivity contribution in [3.05, 3.63) is 23.9 Å². The maximum atomic E-state index is 12.4. The molecule has 1 aromatic rings. The Kier molecular flexibility index (Phi) is 5.82. The van der Waals surface area contributed by atoms with E-state index in [1.54, 1.807) is 6.20 Å². The van der Waals surface area contributed by atoms with E-state index in [0.29, 0.717) is 19.5 Å². The minimum Gasteiger partial charge on any atom is -0.357 e. The summed E-state index contributed by atoms with van der Waals surface area (Å²) in [5, 5.41) is 2.85. The number of sulfonamides is 1. The van der Waals surface area contributed by atoms with Crippen LogP contribution >= 0.6 is 0 Å². The molecule has 1 N–H and O–H groups in total. The number of pyridine rings is 1. The molecule has 1 unspecified atom stereocenters. The van der Waals surface area contributed by atoms with Crippen LogP contribution in [0.3, 0.4) is 0 Å². The number of rotatable bonds is 5. The van der Waals surface area contributed by atoms with Gasteiger partial charge >= 0.3 is 0 Å². The van der Waals surface area contributed by atoms with Crippen LogP contribution in [0.5, 0.6) is 0 Å². The summed E-state index contributed by atoms with van der Waals surface area (Å²) >= 11 is 0. The average Bonchev–Trinajstić information content (AvgIpc) is 3.11. The first-order valence-electron chi connectivity index (χ1n) is 9.29. The highest BCUT2D eigenvalue weighted by molar-refractivity contribution is 7.88. The molecule has 3 heterocycles. The summed E-state index contributed by atoms with van der Waals surface area (Å²) in [6.07, 6.45) is 6.62. The van der Waals surface area contributed by atoms with Crippen molar-refractivity contribution in [2.45, 2.75) is 45.2 Å². The summed E-state index contributed by atoms with van der Waals surface area (Å²) in [6, 6.07) is 3.38. The van der Waals surface area contributed by atoms with E-state index in [0.717, 1.165) is 43.1 Å². The maximum absolute atomic E-state index is 12.4. The molecule has 0 spiro atoms. The second-order valence-electron chi connectivity index (χ2n) is 7.44. The van der Waals surface area contributed by atoms with Gasteiger partial charge < -0.3 is 10.2 Å². The quantitative estimate of drug-likeness (QED) is 0.834. The zero-order valence-electron chi connectivity index (χ0n) is 15.5. The Morgan fingerprint density at radius 2 is 1.96 bits per heavy atom. The van der Waals surface area contributed by atoms with Gasteiger partial charge in [-0.25, -0.2) is 13.4 Å². The summed E-state index contributed by atoms with van der Waals surface area (Å²) in [6.45, 7) is 5.13. The molecule has 0 bridgehead atoms. The molecule has 2 aliphatic rings. The Morgan fingerprint density at radius 3 is 2.58 bits per heavy atom. The molecule has 2 aliphatic heterocycles. The number of hydrogen-bond acceptors (Lipinski definition) is 5. The van der Waals surface area contributed by atoms with Gasteiger partial charge in [0, 0.05) is 32.4 Å². The first-order chi connectivity index (χ1) is 12.3. The molecular formula is C18H28N4O3S. The molecule has 3 rings (SSSR count).